The molecule has 0 spiro atoms. The highest BCUT2D eigenvalue weighted by molar-refractivity contribution is 6.74. The molecule has 15 heavy (non-hydrogen) atoms. The van der Waals surface area contributed by atoms with Gasteiger partial charge in [0.2, 0.25) is 0 Å². The molecule has 0 heterocycles. The number of hydrogen-bond donors (Lipinski definition) is 0. The molecular weight excluding hydrogens is 200 g/mol. The Morgan fingerprint density at radius 3 is 2.07 bits per heavy atom. The third kappa shape index (κ3) is 5.95. The first-order valence-electron chi connectivity index (χ1n) is 6.10. The van der Waals surface area contributed by atoms with Crippen LogP contribution in [0.2, 0.25) is 18.1 Å². The van der Waals surface area contributed by atoms with Crippen molar-refractivity contribution in [3.8, 4) is 0 Å². The molecule has 0 aliphatic heterocycles. The van der Waals surface area contributed by atoms with E-state index in [0.29, 0.717) is 0 Å². The van der Waals surface area contributed by atoms with Gasteiger partial charge in [-0.1, -0.05) is 38.8 Å². The van der Waals surface area contributed by atoms with Crippen LogP contribution >= 0.6 is 0 Å². The van der Waals surface area contributed by atoms with Crippen molar-refractivity contribution < 1.29 is 4.43 Å². The van der Waals surface area contributed by atoms with Crippen LogP contribution in [0, 0.1) is 0 Å². The zero-order valence-corrected chi connectivity index (χ0v) is 11.4. The van der Waals surface area contributed by atoms with Crippen molar-refractivity contribution in [1.29, 1.82) is 0 Å². The summed E-state index contributed by atoms with van der Waals surface area (Å²) in [5.74, 6) is 0. The molecule has 0 rings (SSSR count). The number of unbranched alkanes of at least 4 members (excludes halogenated alkanes) is 1. The summed E-state index contributed by atoms with van der Waals surface area (Å²) in [5, 5.41) is 0. The average molecular weight is 226 g/mol. The second-order valence-electron chi connectivity index (χ2n) is 4.12. The van der Waals surface area contributed by atoms with Crippen molar-refractivity contribution >= 4 is 8.32 Å². The molecule has 0 aromatic heterocycles. The van der Waals surface area contributed by atoms with Gasteiger partial charge < -0.3 is 4.43 Å². The Kier molecular flexibility index (Phi) is 8.72. The van der Waals surface area contributed by atoms with Crippen LogP contribution in [0.15, 0.2) is 25.3 Å². The van der Waals surface area contributed by atoms with Gasteiger partial charge in [0.25, 0.3) is 0 Å². The van der Waals surface area contributed by atoms with Crippen LogP contribution in [-0.4, -0.2) is 14.9 Å². The lowest BCUT2D eigenvalue weighted by atomic mass is 10.4. The Morgan fingerprint density at radius 2 is 1.67 bits per heavy atom. The van der Waals surface area contributed by atoms with E-state index < -0.39 is 8.32 Å². The maximum atomic E-state index is 6.19. The highest BCUT2D eigenvalue weighted by Gasteiger charge is 2.30. The summed E-state index contributed by atoms with van der Waals surface area (Å²) in [7, 11) is -1.57. The van der Waals surface area contributed by atoms with Crippen molar-refractivity contribution in [2.45, 2.75) is 51.2 Å². The lowest BCUT2D eigenvalue weighted by Gasteiger charge is -2.29. The molecule has 2 heteroatoms. The smallest absolute Gasteiger partial charge is 0.200 e. The average Bonchev–Trinajstić information content (AvgIpc) is 2.19. The van der Waals surface area contributed by atoms with Gasteiger partial charge in [-0.15, -0.1) is 13.2 Å². The van der Waals surface area contributed by atoms with Gasteiger partial charge in [-0.3, -0.25) is 0 Å². The molecule has 0 unspecified atom stereocenters. The van der Waals surface area contributed by atoms with Gasteiger partial charge in [-0.2, -0.15) is 0 Å². The summed E-state index contributed by atoms with van der Waals surface area (Å²) in [6, 6.07) is 3.36. The summed E-state index contributed by atoms with van der Waals surface area (Å²) in [6.45, 7) is 13.1. The van der Waals surface area contributed by atoms with Crippen LogP contribution in [-0.2, 0) is 4.43 Å². The first kappa shape index (κ1) is 14.7. The van der Waals surface area contributed by atoms with E-state index >= 15 is 0 Å². The summed E-state index contributed by atoms with van der Waals surface area (Å²) in [4.78, 5) is 0. The number of rotatable bonds is 10. The number of hydrogen-bond acceptors (Lipinski definition) is 1. The van der Waals surface area contributed by atoms with Gasteiger partial charge in [0.1, 0.15) is 0 Å². The Hall–Kier alpha value is -0.343. The van der Waals surface area contributed by atoms with Crippen molar-refractivity contribution in [3.05, 3.63) is 25.3 Å². The molecule has 0 aromatic rings. The van der Waals surface area contributed by atoms with Gasteiger partial charge in [0, 0.05) is 6.61 Å². The molecule has 1 nitrogen and oxygen atoms in total. The SMILES string of the molecule is C=CC[Si](CC=C)(CCC)OCCCC. The van der Waals surface area contributed by atoms with Crippen LogP contribution in [0.3, 0.4) is 0 Å². The van der Waals surface area contributed by atoms with Crippen LogP contribution in [0.5, 0.6) is 0 Å². The highest BCUT2D eigenvalue weighted by Crippen LogP contribution is 2.25. The van der Waals surface area contributed by atoms with E-state index in [4.69, 9.17) is 4.43 Å². The van der Waals surface area contributed by atoms with Gasteiger partial charge in [0.05, 0.1) is 0 Å². The quantitative estimate of drug-likeness (QED) is 0.302. The van der Waals surface area contributed by atoms with Crippen molar-refractivity contribution in [3.63, 3.8) is 0 Å². The summed E-state index contributed by atoms with van der Waals surface area (Å²) in [5.41, 5.74) is 0. The van der Waals surface area contributed by atoms with Crippen molar-refractivity contribution in [1.82, 2.24) is 0 Å². The lowest BCUT2D eigenvalue weighted by molar-refractivity contribution is 0.293. The van der Waals surface area contributed by atoms with E-state index in [2.05, 4.69) is 27.0 Å². The molecule has 0 bridgehead atoms. The molecule has 0 saturated carbocycles. The predicted octanol–water partition coefficient (Wildman–Crippen LogP) is 4.53. The third-order valence-corrected chi connectivity index (χ3v) is 6.94. The normalized spacial score (nSPS) is 11.3. The summed E-state index contributed by atoms with van der Waals surface area (Å²) < 4.78 is 6.19. The van der Waals surface area contributed by atoms with E-state index in [0.717, 1.165) is 18.7 Å². The summed E-state index contributed by atoms with van der Waals surface area (Å²) in [6.07, 6.45) is 7.64. The Bertz CT molecular complexity index is 167. The maximum Gasteiger partial charge on any atom is 0.200 e. The fourth-order valence-electron chi connectivity index (χ4n) is 1.89. The fraction of sp³-hybridized carbons (Fsp3) is 0.692. The van der Waals surface area contributed by atoms with E-state index in [1.807, 2.05) is 12.2 Å². The van der Waals surface area contributed by atoms with E-state index in [1.165, 1.54) is 25.3 Å². The largest absolute Gasteiger partial charge is 0.416 e. The molecule has 0 amide bonds. The van der Waals surface area contributed by atoms with E-state index in [1.54, 1.807) is 0 Å². The standard InChI is InChI=1S/C13H26OSi/c1-5-9-10-14-15(11-6-2,12-7-3)13-8-4/h6-7H,2-3,5,8-13H2,1,4H3. The molecule has 0 radical (unpaired) electrons. The molecule has 88 valence electrons. The molecule has 0 saturated heterocycles. The molecule has 0 aliphatic rings. The molecular formula is C13H26OSi. The zero-order chi connectivity index (χ0) is 11.6. The van der Waals surface area contributed by atoms with Gasteiger partial charge >= 0.3 is 0 Å². The Morgan fingerprint density at radius 1 is 1.07 bits per heavy atom. The molecule has 0 aliphatic carbocycles. The molecule has 0 aromatic carbocycles. The first-order chi connectivity index (χ1) is 7.24. The third-order valence-electron chi connectivity index (χ3n) is 2.64. The van der Waals surface area contributed by atoms with Crippen molar-refractivity contribution in [2.75, 3.05) is 6.61 Å². The van der Waals surface area contributed by atoms with Crippen LogP contribution in [0.1, 0.15) is 33.1 Å². The first-order valence-corrected chi connectivity index (χ1v) is 8.63. The van der Waals surface area contributed by atoms with E-state index in [-0.39, 0.29) is 0 Å². The minimum atomic E-state index is -1.57. The minimum Gasteiger partial charge on any atom is -0.416 e. The van der Waals surface area contributed by atoms with Crippen molar-refractivity contribution in [2.24, 2.45) is 0 Å². The fourth-order valence-corrected chi connectivity index (χ4v) is 5.39. The predicted molar refractivity (Wildman–Crippen MR) is 71.7 cm³/mol. The van der Waals surface area contributed by atoms with Gasteiger partial charge in [-0.25, -0.2) is 0 Å². The van der Waals surface area contributed by atoms with E-state index in [9.17, 15) is 0 Å². The number of allylic oxidation sites excluding steroid dienone is 2. The van der Waals surface area contributed by atoms with Gasteiger partial charge in [-0.05, 0) is 24.6 Å². The molecule has 0 atom stereocenters. The molecule has 0 fully saturated rings. The zero-order valence-electron chi connectivity index (χ0n) is 10.4. The highest BCUT2D eigenvalue weighted by atomic mass is 28.4. The topological polar surface area (TPSA) is 9.23 Å². The van der Waals surface area contributed by atoms with Crippen LogP contribution < -0.4 is 0 Å². The minimum absolute atomic E-state index is 0.921. The van der Waals surface area contributed by atoms with Crippen LogP contribution in [0.4, 0.5) is 0 Å². The molecule has 0 N–H and O–H groups in total. The lowest BCUT2D eigenvalue weighted by Crippen LogP contribution is -2.37. The Balaban J connectivity index is 4.30. The second kappa shape index (κ2) is 8.92. The Labute approximate surface area is 96.4 Å². The summed E-state index contributed by atoms with van der Waals surface area (Å²) >= 11 is 0. The van der Waals surface area contributed by atoms with Gasteiger partial charge in [0.15, 0.2) is 8.32 Å². The monoisotopic (exact) mass is 226 g/mol. The second-order valence-corrected chi connectivity index (χ2v) is 8.09. The maximum absolute atomic E-state index is 6.19. The van der Waals surface area contributed by atoms with Crippen LogP contribution in [0.25, 0.3) is 0 Å².